The van der Waals surface area contributed by atoms with Gasteiger partial charge in [0.1, 0.15) is 0 Å². The lowest BCUT2D eigenvalue weighted by molar-refractivity contribution is 0.336. The van der Waals surface area contributed by atoms with E-state index in [9.17, 15) is 0 Å². The Labute approximate surface area is 314 Å². The second kappa shape index (κ2) is 25.0. The number of halogens is 4. The van der Waals surface area contributed by atoms with Crippen molar-refractivity contribution in [1.82, 2.24) is 0 Å². The van der Waals surface area contributed by atoms with Crippen molar-refractivity contribution in [3.63, 3.8) is 0 Å². The van der Waals surface area contributed by atoms with Crippen LogP contribution in [0.2, 0.25) is 36.3 Å². The van der Waals surface area contributed by atoms with Crippen molar-refractivity contribution in [3.8, 4) is 5.75 Å². The maximum absolute atomic E-state index is 6.91. The van der Waals surface area contributed by atoms with Crippen LogP contribution in [-0.4, -0.2) is 26.6 Å². The Hall–Kier alpha value is 0.951. The summed E-state index contributed by atoms with van der Waals surface area (Å²) in [6.45, 7) is 14.0. The topological polar surface area (TPSA) is 53.7 Å². The van der Waals surface area contributed by atoms with E-state index >= 15 is 0 Å². The lowest BCUT2D eigenvalue weighted by Crippen LogP contribution is -2.45. The van der Waals surface area contributed by atoms with Gasteiger partial charge in [-0.15, -0.1) is 0 Å². The normalized spacial score (nSPS) is 12.0. The highest BCUT2D eigenvalue weighted by atomic mass is 79.9. The first-order chi connectivity index (χ1) is 21.6. The molecule has 0 bridgehead atoms. The quantitative estimate of drug-likeness (QED) is 0.0685. The summed E-state index contributed by atoms with van der Waals surface area (Å²) in [7, 11) is -2.96. The second-order valence-corrected chi connectivity index (χ2v) is 25.1. The minimum absolute atomic E-state index is 0.326. The molecule has 0 aliphatic heterocycles. The Morgan fingerprint density at radius 3 is 1.29 bits per heavy atom. The fourth-order valence-electron chi connectivity index (χ4n) is 5.72. The summed E-state index contributed by atoms with van der Waals surface area (Å²) in [5.74, 6) is 5.91. The Bertz CT molecular complexity index is 1020. The van der Waals surface area contributed by atoms with Crippen molar-refractivity contribution in [3.05, 3.63) is 36.1 Å². The molecule has 0 spiro atoms. The zero-order valence-corrected chi connectivity index (χ0v) is 38.1. The smallest absolute Gasteiger partial charge is 0.410 e. The predicted molar refractivity (Wildman–Crippen MR) is 217 cm³/mol. The number of fused-ring (bicyclic) bond motifs is 1. The monoisotopic (exact) mass is 929 g/mol. The van der Waals surface area contributed by atoms with E-state index in [0.29, 0.717) is 15.8 Å². The molecule has 11 heteroatoms. The molecular formula is C34H59Br4NO3Si3. The van der Waals surface area contributed by atoms with Gasteiger partial charge in [-0.1, -0.05) is 147 Å². The van der Waals surface area contributed by atoms with Gasteiger partial charge >= 0.3 is 10.0 Å². The molecule has 0 unspecified atom stereocenters. The minimum Gasteiger partial charge on any atom is -0.434 e. The number of unbranched alkanes of at least 4 members (excludes halogenated alkanes) is 6. The average molecular weight is 934 g/mol. The van der Waals surface area contributed by atoms with Crippen LogP contribution in [0.4, 0.5) is 0 Å². The number of hydrogen-bond acceptors (Lipinski definition) is 4. The fraction of sp³-hybridized carbons (Fsp3) is 0.706. The van der Waals surface area contributed by atoms with Gasteiger partial charge in [0.15, 0.2) is 22.4 Å². The van der Waals surface area contributed by atoms with Crippen LogP contribution in [0.5, 0.6) is 5.75 Å². The Morgan fingerprint density at radius 2 is 0.956 bits per heavy atom. The van der Waals surface area contributed by atoms with Crippen LogP contribution < -0.4 is 10.7 Å². The van der Waals surface area contributed by atoms with Crippen molar-refractivity contribution in [2.24, 2.45) is 5.90 Å². The number of rotatable bonds is 23. The molecule has 0 fully saturated rings. The molecule has 2 aromatic rings. The zero-order chi connectivity index (χ0) is 33.7. The van der Waals surface area contributed by atoms with E-state index < -0.39 is 16.6 Å². The van der Waals surface area contributed by atoms with Gasteiger partial charge in [-0.05, 0) is 90.1 Å². The van der Waals surface area contributed by atoms with E-state index in [1.54, 1.807) is 0 Å². The predicted octanol–water partition coefficient (Wildman–Crippen LogP) is 14.4. The lowest BCUT2D eigenvalue weighted by Gasteiger charge is -2.36. The summed E-state index contributed by atoms with van der Waals surface area (Å²) in [5.41, 5.74) is 0. The van der Waals surface area contributed by atoms with Crippen molar-refractivity contribution in [2.75, 3.05) is 0 Å². The van der Waals surface area contributed by atoms with Crippen LogP contribution in [0, 0.1) is 0 Å². The molecule has 2 radical (unpaired) electrons. The van der Waals surface area contributed by atoms with Gasteiger partial charge in [-0.3, -0.25) is 0 Å². The summed E-state index contributed by atoms with van der Waals surface area (Å²) in [6, 6.07) is 14.0. The summed E-state index contributed by atoms with van der Waals surface area (Å²) >= 11 is 14.0. The molecule has 0 aromatic heterocycles. The van der Waals surface area contributed by atoms with Crippen LogP contribution in [0.15, 0.2) is 36.1 Å². The van der Waals surface area contributed by atoms with Gasteiger partial charge < -0.3 is 13.1 Å². The van der Waals surface area contributed by atoms with Crippen molar-refractivity contribution in [1.29, 1.82) is 0 Å². The molecule has 0 aliphatic rings. The zero-order valence-electron chi connectivity index (χ0n) is 28.8. The summed E-state index contributed by atoms with van der Waals surface area (Å²) in [6.07, 6.45) is 15.8. The first kappa shape index (κ1) is 44.0. The van der Waals surface area contributed by atoms with Crippen LogP contribution in [0.3, 0.4) is 0 Å². The van der Waals surface area contributed by atoms with Gasteiger partial charge in [0, 0.05) is 19.7 Å². The minimum atomic E-state index is -1.64. The summed E-state index contributed by atoms with van der Waals surface area (Å²) < 4.78 is 17.4. The van der Waals surface area contributed by atoms with Crippen LogP contribution in [0.1, 0.15) is 119 Å². The largest absolute Gasteiger partial charge is 0.434 e. The van der Waals surface area contributed by atoms with Gasteiger partial charge in [0.2, 0.25) is 0 Å². The Balaban J connectivity index is 0.000000526. The average Bonchev–Trinajstić information content (AvgIpc) is 3.05. The van der Waals surface area contributed by atoms with Gasteiger partial charge in [-0.2, -0.15) is 5.90 Å². The number of hydrogen-bond donors (Lipinski definition) is 1. The van der Waals surface area contributed by atoms with Crippen LogP contribution in [0.25, 0.3) is 10.8 Å². The first-order valence-electron chi connectivity index (χ1n) is 17.4. The Kier molecular flexibility index (Phi) is 24.4. The molecule has 0 aliphatic carbocycles. The number of benzene rings is 2. The van der Waals surface area contributed by atoms with E-state index in [-0.39, 0.29) is 0 Å². The van der Waals surface area contributed by atoms with E-state index in [1.165, 1.54) is 113 Å². The molecule has 0 heterocycles. The highest BCUT2D eigenvalue weighted by Gasteiger charge is 2.37. The molecule has 0 saturated heterocycles. The van der Waals surface area contributed by atoms with E-state index in [0.717, 1.165) is 28.7 Å². The third-order valence-corrected chi connectivity index (χ3v) is 24.4. The highest BCUT2D eigenvalue weighted by Crippen LogP contribution is 2.46. The Morgan fingerprint density at radius 1 is 0.578 bits per heavy atom. The van der Waals surface area contributed by atoms with Gasteiger partial charge in [-0.25, -0.2) is 0 Å². The molecular weight excluding hydrogens is 874 g/mol. The van der Waals surface area contributed by atoms with Crippen LogP contribution in [-0.2, 0) is 8.23 Å². The molecule has 2 N–H and O–H groups in total. The molecule has 258 valence electrons. The van der Waals surface area contributed by atoms with Gasteiger partial charge in [0.25, 0.3) is 0 Å². The molecule has 2 aromatic carbocycles. The van der Waals surface area contributed by atoms with E-state index in [2.05, 4.69) is 105 Å². The van der Waals surface area contributed by atoms with Gasteiger partial charge in [0.05, 0.1) is 8.95 Å². The third kappa shape index (κ3) is 14.8. The van der Waals surface area contributed by atoms with E-state index in [4.69, 9.17) is 19.0 Å². The summed E-state index contributed by atoms with van der Waals surface area (Å²) in [5, 5.41) is 1.94. The second-order valence-electron chi connectivity index (χ2n) is 12.3. The highest BCUT2D eigenvalue weighted by molar-refractivity contribution is 9.14. The first-order valence-corrected chi connectivity index (χ1v) is 26.4. The molecule has 0 saturated carbocycles. The van der Waals surface area contributed by atoms with Crippen molar-refractivity contribution < 1.29 is 13.1 Å². The molecule has 2 rings (SSSR count). The van der Waals surface area contributed by atoms with Crippen LogP contribution >= 0.6 is 63.7 Å². The standard InChI is InChI=1S/C24H54O2Si3.C10H5Br4NO/c1-7-13-19-28(20-14-8-2,21-15-9-3)25-27-26-29(22-16-10-4,23-17-11-5)24-18-12-6;11-5-3-1-2-4-6(5)7(12)8(13)9(14)10(4)16-15/h7-24H2,1-6H3;1-3H,15H2. The molecule has 4 nitrogen and oxygen atoms in total. The third-order valence-electron chi connectivity index (χ3n) is 8.61. The molecule has 0 atom stereocenters. The SMILES string of the molecule is CCCC[Si](CCCC)(CCCC)O[Si]O[Si](CCCC)(CCCC)CCCC.NOc1c(Br)c(Br)c(Br)c2c(Br)cccc12. The maximum atomic E-state index is 6.91. The molecule has 45 heavy (non-hydrogen) atoms. The van der Waals surface area contributed by atoms with E-state index in [1.807, 2.05) is 18.2 Å². The fourth-order valence-corrected chi connectivity index (χ4v) is 20.2. The van der Waals surface area contributed by atoms with Crippen molar-refractivity contribution in [2.45, 2.75) is 155 Å². The summed E-state index contributed by atoms with van der Waals surface area (Å²) in [4.78, 5) is 4.93. The van der Waals surface area contributed by atoms with Crippen molar-refractivity contribution >= 4 is 101 Å². The number of nitrogens with two attached hydrogens (primary N) is 1. The lowest BCUT2D eigenvalue weighted by atomic mass is 10.1. The molecule has 0 amide bonds. The maximum Gasteiger partial charge on any atom is 0.410 e.